The smallest absolute Gasteiger partial charge is 0.296 e. The fraction of sp³-hybridized carbons (Fsp3) is 0.348. The third-order valence-electron chi connectivity index (χ3n) is 5.87. The molecule has 0 bridgehead atoms. The van der Waals surface area contributed by atoms with Crippen LogP contribution in [0.1, 0.15) is 44.7 Å². The number of fused-ring (bicyclic) bond motifs is 1. The van der Waals surface area contributed by atoms with E-state index in [0.29, 0.717) is 17.7 Å². The molecule has 3 heterocycles. The van der Waals surface area contributed by atoms with Crippen molar-refractivity contribution in [2.45, 2.75) is 51.6 Å². The highest BCUT2D eigenvalue weighted by Gasteiger charge is 2.31. The molecule has 8 nitrogen and oxygen atoms in total. The lowest BCUT2D eigenvalue weighted by Gasteiger charge is -2.35. The monoisotopic (exact) mass is 414 g/mol. The van der Waals surface area contributed by atoms with Gasteiger partial charge in [-0.05, 0) is 62.0 Å². The molecule has 1 saturated carbocycles. The van der Waals surface area contributed by atoms with Crippen LogP contribution in [0.2, 0.25) is 0 Å². The first-order valence-electron chi connectivity index (χ1n) is 10.4. The molecule has 3 aromatic rings. The van der Waals surface area contributed by atoms with Gasteiger partial charge in [-0.15, -0.1) is 0 Å². The number of rotatable bonds is 4. The van der Waals surface area contributed by atoms with Crippen LogP contribution >= 0.6 is 0 Å². The van der Waals surface area contributed by atoms with Crippen molar-refractivity contribution in [1.82, 2.24) is 20.0 Å². The highest BCUT2D eigenvalue weighted by molar-refractivity contribution is 5.95. The summed E-state index contributed by atoms with van der Waals surface area (Å²) >= 11 is 0. The topological polar surface area (TPSA) is 77.5 Å². The summed E-state index contributed by atoms with van der Waals surface area (Å²) in [5, 5.41) is 12.5. The van der Waals surface area contributed by atoms with Crippen LogP contribution in [0, 0.1) is 6.57 Å². The van der Waals surface area contributed by atoms with E-state index in [0.717, 1.165) is 48.1 Å². The molecule has 5 rings (SSSR count). The van der Waals surface area contributed by atoms with Crippen molar-refractivity contribution in [2.24, 2.45) is 0 Å². The van der Waals surface area contributed by atoms with Gasteiger partial charge in [0.15, 0.2) is 0 Å². The Bertz CT molecular complexity index is 1190. The second-order valence-corrected chi connectivity index (χ2v) is 8.10. The Kier molecular flexibility index (Phi) is 4.66. The number of carbonyl (C=O) groups excluding carboxylic acids is 1. The summed E-state index contributed by atoms with van der Waals surface area (Å²) in [5.41, 5.74) is 3.70. The molecule has 0 saturated heterocycles. The van der Waals surface area contributed by atoms with Crippen LogP contribution in [0.4, 0.5) is 11.5 Å². The number of amides is 1. The van der Waals surface area contributed by atoms with Crippen molar-refractivity contribution in [2.75, 3.05) is 4.90 Å². The maximum Gasteiger partial charge on any atom is 0.296 e. The first-order valence-corrected chi connectivity index (χ1v) is 10.4. The Morgan fingerprint density at radius 3 is 2.71 bits per heavy atom. The predicted octanol–water partition coefficient (Wildman–Crippen LogP) is 4.71. The Hall–Kier alpha value is -3.73. The molecule has 1 fully saturated rings. The quantitative estimate of drug-likeness (QED) is 0.578. The predicted molar refractivity (Wildman–Crippen MR) is 115 cm³/mol. The molecule has 2 aromatic heterocycles. The van der Waals surface area contributed by atoms with Crippen LogP contribution in [0.3, 0.4) is 0 Å². The molecule has 1 atom stereocenters. The average molecular weight is 414 g/mol. The average Bonchev–Trinajstić information content (AvgIpc) is 3.51. The molecule has 1 aliphatic carbocycles. The van der Waals surface area contributed by atoms with E-state index in [1.165, 1.54) is 0 Å². The minimum absolute atomic E-state index is 0.00917. The van der Waals surface area contributed by atoms with E-state index in [-0.39, 0.29) is 17.8 Å². The van der Waals surface area contributed by atoms with Crippen molar-refractivity contribution in [1.29, 1.82) is 0 Å². The molecular formula is C23H22N6O2. The standard InChI is InChI=1S/C23H22N6O2/c1-14-4-7-19-20(29(14)15(2)30)9-8-18(16-12-25-28(13-16)17-5-6-17)23(19)31-22-11-10-21(24-3)26-27-22/h8-14,17H,4-7H2,1-2H3/t14-/m0/s1. The number of carbonyl (C=O) groups is 1. The van der Waals surface area contributed by atoms with Crippen LogP contribution in [0.5, 0.6) is 11.6 Å². The third kappa shape index (κ3) is 3.52. The molecule has 0 radical (unpaired) electrons. The van der Waals surface area contributed by atoms with Crippen LogP contribution < -0.4 is 9.64 Å². The molecule has 1 aliphatic heterocycles. The van der Waals surface area contributed by atoms with E-state index in [9.17, 15) is 4.79 Å². The lowest BCUT2D eigenvalue weighted by molar-refractivity contribution is -0.117. The van der Waals surface area contributed by atoms with Gasteiger partial charge in [-0.1, -0.05) is 6.57 Å². The third-order valence-corrected chi connectivity index (χ3v) is 5.87. The van der Waals surface area contributed by atoms with E-state index in [4.69, 9.17) is 11.3 Å². The maximum absolute atomic E-state index is 12.4. The number of benzene rings is 1. The molecule has 1 aromatic carbocycles. The van der Waals surface area contributed by atoms with Gasteiger partial charge >= 0.3 is 0 Å². The SMILES string of the molecule is [C-]#[N+]c1ccc(Oc2c(-c3cnn(C4CC4)c3)ccc3c2CC[C@H](C)N3C(C)=O)nn1. The minimum atomic E-state index is 0.00917. The first-order chi connectivity index (χ1) is 15.0. The van der Waals surface area contributed by atoms with Gasteiger partial charge in [-0.25, -0.2) is 0 Å². The van der Waals surface area contributed by atoms with Crippen molar-refractivity contribution in [3.8, 4) is 22.8 Å². The van der Waals surface area contributed by atoms with Crippen molar-refractivity contribution in [3.63, 3.8) is 0 Å². The summed E-state index contributed by atoms with van der Waals surface area (Å²) in [6, 6.07) is 7.81. The Morgan fingerprint density at radius 1 is 1.19 bits per heavy atom. The van der Waals surface area contributed by atoms with Crippen molar-refractivity contribution in [3.05, 3.63) is 53.6 Å². The molecule has 156 valence electrons. The molecular weight excluding hydrogens is 392 g/mol. The van der Waals surface area contributed by atoms with Crippen LogP contribution in [-0.2, 0) is 11.2 Å². The number of hydrogen-bond acceptors (Lipinski definition) is 5. The van der Waals surface area contributed by atoms with Gasteiger partial charge in [0, 0.05) is 41.0 Å². The second-order valence-electron chi connectivity index (χ2n) is 8.10. The van der Waals surface area contributed by atoms with Crippen LogP contribution in [0.15, 0.2) is 36.7 Å². The van der Waals surface area contributed by atoms with Crippen LogP contribution in [-0.4, -0.2) is 31.9 Å². The van der Waals surface area contributed by atoms with Gasteiger partial charge in [0.2, 0.25) is 5.91 Å². The zero-order valence-corrected chi connectivity index (χ0v) is 17.4. The number of aromatic nitrogens is 4. The zero-order chi connectivity index (χ0) is 21.5. The Morgan fingerprint density at radius 2 is 2.03 bits per heavy atom. The maximum atomic E-state index is 12.4. The lowest BCUT2D eigenvalue weighted by Crippen LogP contribution is -2.40. The molecule has 1 amide bonds. The fourth-order valence-corrected chi connectivity index (χ4v) is 4.18. The van der Waals surface area contributed by atoms with Gasteiger partial charge < -0.3 is 14.5 Å². The first kappa shape index (κ1) is 19.2. The number of hydrogen-bond donors (Lipinski definition) is 0. The molecule has 0 unspecified atom stereocenters. The van der Waals surface area contributed by atoms with Gasteiger partial charge in [0.25, 0.3) is 11.7 Å². The molecule has 0 spiro atoms. The Labute approximate surface area is 180 Å². The Balaban J connectivity index is 1.63. The second kappa shape index (κ2) is 7.51. The summed E-state index contributed by atoms with van der Waals surface area (Å²) in [6.45, 7) is 10.7. The van der Waals surface area contributed by atoms with Crippen molar-refractivity contribution < 1.29 is 9.53 Å². The lowest BCUT2D eigenvalue weighted by atomic mass is 9.92. The molecule has 2 aliphatic rings. The van der Waals surface area contributed by atoms with E-state index in [1.807, 2.05) is 34.1 Å². The van der Waals surface area contributed by atoms with E-state index >= 15 is 0 Å². The molecule has 8 heteroatoms. The number of nitrogens with zero attached hydrogens (tertiary/aromatic N) is 6. The highest BCUT2D eigenvalue weighted by Crippen LogP contribution is 2.45. The van der Waals surface area contributed by atoms with E-state index < -0.39 is 0 Å². The fourth-order valence-electron chi connectivity index (χ4n) is 4.18. The largest absolute Gasteiger partial charge is 0.435 e. The van der Waals surface area contributed by atoms with Gasteiger partial charge in [-0.2, -0.15) is 5.10 Å². The van der Waals surface area contributed by atoms with Gasteiger partial charge in [0.05, 0.1) is 17.9 Å². The summed E-state index contributed by atoms with van der Waals surface area (Å²) in [7, 11) is 0. The number of ether oxygens (including phenoxy) is 1. The van der Waals surface area contributed by atoms with Gasteiger partial charge in [-0.3, -0.25) is 9.48 Å². The number of anilines is 1. The summed E-state index contributed by atoms with van der Waals surface area (Å²) < 4.78 is 8.27. The van der Waals surface area contributed by atoms with Crippen molar-refractivity contribution >= 4 is 17.4 Å². The van der Waals surface area contributed by atoms with Crippen LogP contribution in [0.25, 0.3) is 16.0 Å². The normalized spacial score (nSPS) is 17.7. The van der Waals surface area contributed by atoms with E-state index in [2.05, 4.69) is 27.1 Å². The summed E-state index contributed by atoms with van der Waals surface area (Å²) in [6.07, 6.45) is 7.85. The summed E-state index contributed by atoms with van der Waals surface area (Å²) in [5.74, 6) is 1.19. The van der Waals surface area contributed by atoms with E-state index in [1.54, 1.807) is 19.1 Å². The minimum Gasteiger partial charge on any atom is -0.435 e. The molecule has 0 N–H and O–H groups in total. The molecule has 31 heavy (non-hydrogen) atoms. The van der Waals surface area contributed by atoms with Gasteiger partial charge in [0.1, 0.15) is 5.75 Å². The summed E-state index contributed by atoms with van der Waals surface area (Å²) in [4.78, 5) is 17.5. The zero-order valence-electron chi connectivity index (χ0n) is 17.4. The highest BCUT2D eigenvalue weighted by atomic mass is 16.5.